The van der Waals surface area contributed by atoms with Gasteiger partial charge in [0.1, 0.15) is 0 Å². The largest absolute Gasteiger partial charge is 0.465 e. The molecule has 0 bridgehead atoms. The molecule has 2 aromatic carbocycles. The van der Waals surface area contributed by atoms with Gasteiger partial charge in [0.2, 0.25) is 0 Å². The summed E-state index contributed by atoms with van der Waals surface area (Å²) in [6.45, 7) is 0. The lowest BCUT2D eigenvalue weighted by atomic mass is 10.2. The van der Waals surface area contributed by atoms with Crippen molar-refractivity contribution in [2.24, 2.45) is 0 Å². The van der Waals surface area contributed by atoms with Crippen LogP contribution in [0.25, 0.3) is 0 Å². The summed E-state index contributed by atoms with van der Waals surface area (Å²) in [6, 6.07) is 14.0. The van der Waals surface area contributed by atoms with Gasteiger partial charge in [0, 0.05) is 9.79 Å². The summed E-state index contributed by atoms with van der Waals surface area (Å²) in [7, 11) is 1.32. The van der Waals surface area contributed by atoms with Crippen LogP contribution in [0.1, 0.15) is 10.4 Å². The fourth-order valence-electron chi connectivity index (χ4n) is 1.73. The van der Waals surface area contributed by atoms with E-state index in [9.17, 15) is 9.59 Å². The summed E-state index contributed by atoms with van der Waals surface area (Å²) in [5, 5.41) is 11.2. The van der Waals surface area contributed by atoms with Gasteiger partial charge in [-0.3, -0.25) is 5.32 Å². The zero-order valence-corrected chi connectivity index (χ0v) is 12.0. The van der Waals surface area contributed by atoms with Gasteiger partial charge in [0.05, 0.1) is 18.4 Å². The first-order chi connectivity index (χ1) is 10.1. The summed E-state index contributed by atoms with van der Waals surface area (Å²) in [4.78, 5) is 23.9. The van der Waals surface area contributed by atoms with Crippen molar-refractivity contribution in [3.8, 4) is 0 Å². The van der Waals surface area contributed by atoms with E-state index in [0.717, 1.165) is 0 Å². The lowest BCUT2D eigenvalue weighted by Gasteiger charge is -2.11. The average molecular weight is 303 g/mol. The molecule has 2 N–H and O–H groups in total. The van der Waals surface area contributed by atoms with Crippen molar-refractivity contribution < 1.29 is 19.4 Å². The van der Waals surface area contributed by atoms with Gasteiger partial charge in [-0.1, -0.05) is 36.0 Å². The van der Waals surface area contributed by atoms with Crippen molar-refractivity contribution in [2.75, 3.05) is 12.4 Å². The van der Waals surface area contributed by atoms with Crippen LogP contribution in [0, 0.1) is 0 Å². The lowest BCUT2D eigenvalue weighted by Crippen LogP contribution is -2.08. The Morgan fingerprint density at radius 1 is 1.05 bits per heavy atom. The summed E-state index contributed by atoms with van der Waals surface area (Å²) < 4.78 is 4.75. The Hall–Kier alpha value is -2.47. The molecule has 1 amide bonds. The van der Waals surface area contributed by atoms with Crippen LogP contribution in [-0.4, -0.2) is 24.3 Å². The van der Waals surface area contributed by atoms with Gasteiger partial charge in [-0.25, -0.2) is 9.59 Å². The third kappa shape index (κ3) is 3.76. The molecule has 2 rings (SSSR count). The van der Waals surface area contributed by atoms with Gasteiger partial charge in [0.15, 0.2) is 0 Å². The standard InChI is InChI=1S/C15H13NO4S/c1-20-14(17)10-6-2-4-8-12(10)21-13-9-5-3-7-11(13)16-15(18)19/h2-9,16H,1H3,(H,18,19). The molecule has 0 unspecified atom stereocenters. The highest BCUT2D eigenvalue weighted by Gasteiger charge is 2.14. The first-order valence-corrected chi connectivity index (χ1v) is 6.87. The molecule has 0 spiro atoms. The molecular weight excluding hydrogens is 290 g/mol. The predicted octanol–water partition coefficient (Wildman–Crippen LogP) is 3.71. The van der Waals surface area contributed by atoms with Crippen molar-refractivity contribution in [3.63, 3.8) is 0 Å². The summed E-state index contributed by atoms with van der Waals surface area (Å²) in [6.07, 6.45) is -1.13. The van der Waals surface area contributed by atoms with E-state index in [1.165, 1.54) is 18.9 Å². The molecule has 0 aromatic heterocycles. The lowest BCUT2D eigenvalue weighted by molar-refractivity contribution is 0.0596. The Balaban J connectivity index is 2.35. The zero-order valence-electron chi connectivity index (χ0n) is 11.2. The van der Waals surface area contributed by atoms with E-state index >= 15 is 0 Å². The van der Waals surface area contributed by atoms with Gasteiger partial charge in [-0.15, -0.1) is 0 Å². The number of ether oxygens (including phenoxy) is 1. The van der Waals surface area contributed by atoms with Crippen LogP contribution in [0.3, 0.4) is 0 Å². The molecule has 0 radical (unpaired) electrons. The monoisotopic (exact) mass is 303 g/mol. The highest BCUT2D eigenvalue weighted by atomic mass is 32.2. The second-order valence-corrected chi connectivity index (χ2v) is 5.10. The number of carbonyl (C=O) groups is 2. The molecule has 6 heteroatoms. The second kappa shape index (κ2) is 6.81. The summed E-state index contributed by atoms with van der Waals surface area (Å²) in [5.41, 5.74) is 0.907. The third-order valence-electron chi connectivity index (χ3n) is 2.64. The molecule has 0 saturated heterocycles. The molecule has 0 aliphatic heterocycles. The number of anilines is 1. The highest BCUT2D eigenvalue weighted by Crippen LogP contribution is 2.35. The highest BCUT2D eigenvalue weighted by molar-refractivity contribution is 7.99. The maximum absolute atomic E-state index is 11.7. The third-order valence-corrected chi connectivity index (χ3v) is 3.79. The van der Waals surface area contributed by atoms with Crippen molar-refractivity contribution in [3.05, 3.63) is 54.1 Å². The number of amides is 1. The minimum absolute atomic E-state index is 0.429. The van der Waals surface area contributed by atoms with Crippen LogP contribution in [-0.2, 0) is 4.74 Å². The second-order valence-electron chi connectivity index (χ2n) is 4.02. The number of hydrogen-bond donors (Lipinski definition) is 2. The number of hydrogen-bond acceptors (Lipinski definition) is 4. The first-order valence-electron chi connectivity index (χ1n) is 6.06. The van der Waals surface area contributed by atoms with Crippen molar-refractivity contribution in [1.82, 2.24) is 0 Å². The number of esters is 1. The number of para-hydroxylation sites is 1. The van der Waals surface area contributed by atoms with Crippen LogP contribution < -0.4 is 5.32 Å². The number of rotatable bonds is 4. The fraction of sp³-hybridized carbons (Fsp3) is 0.0667. The average Bonchev–Trinajstić information content (AvgIpc) is 2.48. The number of carbonyl (C=O) groups excluding carboxylic acids is 1. The number of methoxy groups -OCH3 is 1. The topological polar surface area (TPSA) is 75.6 Å². The van der Waals surface area contributed by atoms with Gasteiger partial charge in [0.25, 0.3) is 0 Å². The van der Waals surface area contributed by atoms with E-state index in [2.05, 4.69) is 5.32 Å². The maximum atomic E-state index is 11.7. The van der Waals surface area contributed by atoms with Gasteiger partial charge >= 0.3 is 12.1 Å². The Bertz CT molecular complexity index is 672. The SMILES string of the molecule is COC(=O)c1ccccc1Sc1ccccc1NC(=O)O. The van der Waals surface area contributed by atoms with E-state index in [4.69, 9.17) is 9.84 Å². The Labute approximate surface area is 125 Å². The molecule has 21 heavy (non-hydrogen) atoms. The molecule has 5 nitrogen and oxygen atoms in total. The molecule has 0 aliphatic carbocycles. The van der Waals surface area contributed by atoms with Crippen molar-refractivity contribution >= 4 is 29.5 Å². The van der Waals surface area contributed by atoms with E-state index in [1.807, 2.05) is 6.07 Å². The zero-order chi connectivity index (χ0) is 15.2. The smallest absolute Gasteiger partial charge is 0.409 e. The molecule has 0 fully saturated rings. The van der Waals surface area contributed by atoms with E-state index in [0.29, 0.717) is 21.0 Å². The predicted molar refractivity (Wildman–Crippen MR) is 80.0 cm³/mol. The maximum Gasteiger partial charge on any atom is 0.409 e. The quantitative estimate of drug-likeness (QED) is 0.842. The molecular formula is C15H13NO4S. The van der Waals surface area contributed by atoms with E-state index in [1.54, 1.807) is 42.5 Å². The first kappa shape index (κ1) is 14.9. The summed E-state index contributed by atoms with van der Waals surface area (Å²) in [5.74, 6) is -0.429. The van der Waals surface area contributed by atoms with Crippen molar-refractivity contribution in [1.29, 1.82) is 0 Å². The molecule has 2 aromatic rings. The fourth-order valence-corrected chi connectivity index (χ4v) is 2.75. The Morgan fingerprint density at radius 3 is 2.33 bits per heavy atom. The minimum Gasteiger partial charge on any atom is -0.465 e. The normalized spacial score (nSPS) is 9.95. The Morgan fingerprint density at radius 2 is 1.67 bits per heavy atom. The number of nitrogens with one attached hydrogen (secondary N) is 1. The van der Waals surface area contributed by atoms with Crippen LogP contribution in [0.4, 0.5) is 10.5 Å². The number of benzene rings is 2. The van der Waals surface area contributed by atoms with Crippen molar-refractivity contribution in [2.45, 2.75) is 9.79 Å². The molecule has 0 saturated carbocycles. The van der Waals surface area contributed by atoms with E-state index in [-0.39, 0.29) is 0 Å². The van der Waals surface area contributed by atoms with Crippen LogP contribution in [0.5, 0.6) is 0 Å². The van der Waals surface area contributed by atoms with Gasteiger partial charge < -0.3 is 9.84 Å². The van der Waals surface area contributed by atoms with Crippen LogP contribution >= 0.6 is 11.8 Å². The summed E-state index contributed by atoms with van der Waals surface area (Å²) >= 11 is 1.30. The van der Waals surface area contributed by atoms with Gasteiger partial charge in [-0.2, -0.15) is 0 Å². The molecule has 108 valence electrons. The molecule has 0 aliphatic rings. The van der Waals surface area contributed by atoms with E-state index < -0.39 is 12.1 Å². The Kier molecular flexibility index (Phi) is 4.84. The molecule has 0 atom stereocenters. The minimum atomic E-state index is -1.13. The molecule has 0 heterocycles. The van der Waals surface area contributed by atoms with Gasteiger partial charge in [-0.05, 0) is 24.3 Å². The van der Waals surface area contributed by atoms with Crippen LogP contribution in [0.2, 0.25) is 0 Å². The number of carboxylic acid groups (broad SMARTS) is 1. The van der Waals surface area contributed by atoms with Crippen LogP contribution in [0.15, 0.2) is 58.3 Å².